The first kappa shape index (κ1) is 20.4. The molecule has 0 saturated carbocycles. The Morgan fingerprint density at radius 3 is 2.68 bits per heavy atom. The number of hydrogen-bond donors (Lipinski definition) is 1. The molecule has 0 aliphatic rings. The second-order valence-electron chi connectivity index (χ2n) is 6.27. The molecule has 148 valence electrons. The normalized spacial score (nSPS) is 10.7. The number of aromatic nitrogens is 1. The average molecular weight is 417 g/mol. The molecule has 1 amide bonds. The summed E-state index contributed by atoms with van der Waals surface area (Å²) in [6.07, 6.45) is 1.92. The van der Waals surface area contributed by atoms with Crippen molar-refractivity contribution in [2.45, 2.75) is 26.2 Å². The molecular formula is C21H24N2O3S2. The van der Waals surface area contributed by atoms with Gasteiger partial charge in [-0.15, -0.1) is 22.7 Å². The number of methoxy groups -OCH3 is 2. The molecule has 0 radical (unpaired) electrons. The molecule has 28 heavy (non-hydrogen) atoms. The molecular weight excluding hydrogens is 392 g/mol. The number of carbonyl (C=O) groups is 1. The van der Waals surface area contributed by atoms with Gasteiger partial charge in [0, 0.05) is 17.8 Å². The van der Waals surface area contributed by atoms with E-state index in [4.69, 9.17) is 9.47 Å². The SMILES string of the molecule is COc1ccc(CCNC(=O)CCc2sc(C)nc2-c2cccs2)cc1OC. The monoisotopic (exact) mass is 416 g/mol. The summed E-state index contributed by atoms with van der Waals surface area (Å²) in [6.45, 7) is 2.60. The molecule has 0 aliphatic heterocycles. The molecule has 2 heterocycles. The second-order valence-corrected chi connectivity index (χ2v) is 8.51. The largest absolute Gasteiger partial charge is 0.493 e. The van der Waals surface area contributed by atoms with Crippen molar-refractivity contribution in [1.82, 2.24) is 10.3 Å². The molecule has 0 saturated heterocycles. The quantitative estimate of drug-likeness (QED) is 0.558. The minimum Gasteiger partial charge on any atom is -0.493 e. The third kappa shape index (κ3) is 5.11. The number of nitrogens with one attached hydrogen (secondary N) is 1. The summed E-state index contributed by atoms with van der Waals surface area (Å²) in [5, 5.41) is 6.09. The lowest BCUT2D eigenvalue weighted by Crippen LogP contribution is -2.25. The molecule has 2 aromatic heterocycles. The Bertz CT molecular complexity index is 920. The predicted octanol–water partition coefficient (Wildman–Crippen LogP) is 4.49. The summed E-state index contributed by atoms with van der Waals surface area (Å²) in [4.78, 5) is 19.2. The number of thiazole rings is 1. The molecule has 1 aromatic carbocycles. The highest BCUT2D eigenvalue weighted by Crippen LogP contribution is 2.32. The van der Waals surface area contributed by atoms with Crippen molar-refractivity contribution >= 4 is 28.6 Å². The summed E-state index contributed by atoms with van der Waals surface area (Å²) in [7, 11) is 3.24. The van der Waals surface area contributed by atoms with Crippen LogP contribution in [0, 0.1) is 6.92 Å². The highest BCUT2D eigenvalue weighted by atomic mass is 32.1. The minimum atomic E-state index is 0.0589. The molecule has 3 rings (SSSR count). The van der Waals surface area contributed by atoms with E-state index in [-0.39, 0.29) is 5.91 Å². The predicted molar refractivity (Wildman–Crippen MR) is 115 cm³/mol. The van der Waals surface area contributed by atoms with Crippen molar-refractivity contribution in [3.05, 3.63) is 51.2 Å². The average Bonchev–Trinajstić information content (AvgIpc) is 3.35. The van der Waals surface area contributed by atoms with E-state index in [1.807, 2.05) is 31.2 Å². The Hall–Kier alpha value is -2.38. The third-order valence-corrected chi connectivity index (χ3v) is 6.23. The Kier molecular flexibility index (Phi) is 7.06. The number of benzene rings is 1. The van der Waals surface area contributed by atoms with Gasteiger partial charge in [-0.1, -0.05) is 12.1 Å². The van der Waals surface area contributed by atoms with Crippen molar-refractivity contribution in [3.63, 3.8) is 0 Å². The van der Waals surface area contributed by atoms with Crippen LogP contribution in [0.25, 0.3) is 10.6 Å². The lowest BCUT2D eigenvalue weighted by atomic mass is 10.1. The number of nitrogens with zero attached hydrogens (tertiary/aromatic N) is 1. The smallest absolute Gasteiger partial charge is 0.220 e. The van der Waals surface area contributed by atoms with Gasteiger partial charge < -0.3 is 14.8 Å². The van der Waals surface area contributed by atoms with Gasteiger partial charge in [0.2, 0.25) is 5.91 Å². The Balaban J connectivity index is 1.49. The van der Waals surface area contributed by atoms with Gasteiger partial charge in [-0.25, -0.2) is 4.98 Å². The molecule has 0 unspecified atom stereocenters. The van der Waals surface area contributed by atoms with Crippen molar-refractivity contribution in [2.24, 2.45) is 0 Å². The zero-order valence-electron chi connectivity index (χ0n) is 16.3. The van der Waals surface area contributed by atoms with Gasteiger partial charge in [0.25, 0.3) is 0 Å². The van der Waals surface area contributed by atoms with Crippen LogP contribution in [0.5, 0.6) is 11.5 Å². The first-order valence-electron chi connectivity index (χ1n) is 9.08. The molecule has 3 aromatic rings. The van der Waals surface area contributed by atoms with E-state index in [1.165, 1.54) is 4.88 Å². The van der Waals surface area contributed by atoms with E-state index < -0.39 is 0 Å². The number of aryl methyl sites for hydroxylation is 2. The van der Waals surface area contributed by atoms with Crippen LogP contribution in [-0.2, 0) is 17.6 Å². The van der Waals surface area contributed by atoms with Crippen molar-refractivity contribution < 1.29 is 14.3 Å². The third-order valence-electron chi connectivity index (χ3n) is 4.32. The number of hydrogen-bond acceptors (Lipinski definition) is 6. The van der Waals surface area contributed by atoms with Crippen molar-refractivity contribution in [3.8, 4) is 22.1 Å². The fourth-order valence-electron chi connectivity index (χ4n) is 2.94. The van der Waals surface area contributed by atoms with Gasteiger partial charge in [-0.3, -0.25) is 4.79 Å². The van der Waals surface area contributed by atoms with Crippen LogP contribution in [-0.4, -0.2) is 31.7 Å². The lowest BCUT2D eigenvalue weighted by molar-refractivity contribution is -0.121. The minimum absolute atomic E-state index is 0.0589. The zero-order chi connectivity index (χ0) is 19.9. The molecule has 5 nitrogen and oxygen atoms in total. The number of ether oxygens (including phenoxy) is 2. The first-order valence-corrected chi connectivity index (χ1v) is 10.8. The van der Waals surface area contributed by atoms with Crippen LogP contribution in [0.1, 0.15) is 21.9 Å². The summed E-state index contributed by atoms with van der Waals surface area (Å²) < 4.78 is 10.6. The second kappa shape index (κ2) is 9.71. The molecule has 0 spiro atoms. The van der Waals surface area contributed by atoms with E-state index in [0.29, 0.717) is 30.9 Å². The Morgan fingerprint density at radius 1 is 1.14 bits per heavy atom. The molecule has 0 aliphatic carbocycles. The number of carbonyl (C=O) groups excluding carboxylic acids is 1. The molecule has 1 N–H and O–H groups in total. The van der Waals surface area contributed by atoms with Crippen LogP contribution >= 0.6 is 22.7 Å². The highest BCUT2D eigenvalue weighted by Gasteiger charge is 2.13. The maximum Gasteiger partial charge on any atom is 0.220 e. The van der Waals surface area contributed by atoms with E-state index >= 15 is 0 Å². The number of thiophene rings is 1. The van der Waals surface area contributed by atoms with Crippen LogP contribution in [0.2, 0.25) is 0 Å². The number of rotatable bonds is 9. The summed E-state index contributed by atoms with van der Waals surface area (Å²) in [6, 6.07) is 9.92. The fourth-order valence-corrected chi connectivity index (χ4v) is 4.70. The Labute approximate surface area is 173 Å². The van der Waals surface area contributed by atoms with Gasteiger partial charge in [-0.05, 0) is 48.9 Å². The van der Waals surface area contributed by atoms with E-state index in [0.717, 1.165) is 27.6 Å². The lowest BCUT2D eigenvalue weighted by Gasteiger charge is -2.10. The van der Waals surface area contributed by atoms with Crippen molar-refractivity contribution in [1.29, 1.82) is 0 Å². The zero-order valence-corrected chi connectivity index (χ0v) is 17.9. The van der Waals surface area contributed by atoms with Gasteiger partial charge in [0.05, 0.1) is 29.8 Å². The maximum absolute atomic E-state index is 12.3. The van der Waals surface area contributed by atoms with Gasteiger partial charge in [0.15, 0.2) is 11.5 Å². The van der Waals surface area contributed by atoms with Crippen LogP contribution in [0.15, 0.2) is 35.7 Å². The molecule has 0 bridgehead atoms. The van der Waals surface area contributed by atoms with E-state index in [9.17, 15) is 4.79 Å². The highest BCUT2D eigenvalue weighted by molar-refractivity contribution is 7.15. The summed E-state index contributed by atoms with van der Waals surface area (Å²) in [5.74, 6) is 1.47. The molecule has 0 atom stereocenters. The standard InChI is InChI=1S/C21H24N2O3S2/c1-14-23-21(18-5-4-12-27-18)19(28-14)8-9-20(24)22-11-10-15-6-7-16(25-2)17(13-15)26-3/h4-7,12-13H,8-11H2,1-3H3,(H,22,24). The van der Waals surface area contributed by atoms with Crippen LogP contribution in [0.3, 0.4) is 0 Å². The summed E-state index contributed by atoms with van der Waals surface area (Å²) in [5.41, 5.74) is 2.12. The molecule has 7 heteroatoms. The topological polar surface area (TPSA) is 60.5 Å². The van der Waals surface area contributed by atoms with E-state index in [1.54, 1.807) is 36.9 Å². The fraction of sp³-hybridized carbons (Fsp3) is 0.333. The maximum atomic E-state index is 12.3. The number of amides is 1. The molecule has 0 fully saturated rings. The van der Waals surface area contributed by atoms with Crippen LogP contribution < -0.4 is 14.8 Å². The van der Waals surface area contributed by atoms with Gasteiger partial charge >= 0.3 is 0 Å². The van der Waals surface area contributed by atoms with Crippen LogP contribution in [0.4, 0.5) is 0 Å². The Morgan fingerprint density at radius 2 is 1.96 bits per heavy atom. The van der Waals surface area contributed by atoms with Gasteiger partial charge in [0.1, 0.15) is 0 Å². The van der Waals surface area contributed by atoms with Gasteiger partial charge in [-0.2, -0.15) is 0 Å². The van der Waals surface area contributed by atoms with E-state index in [2.05, 4.69) is 21.7 Å². The van der Waals surface area contributed by atoms with Crippen molar-refractivity contribution in [2.75, 3.05) is 20.8 Å². The first-order chi connectivity index (χ1) is 13.6. The summed E-state index contributed by atoms with van der Waals surface area (Å²) >= 11 is 3.35.